The van der Waals surface area contributed by atoms with Crippen LogP contribution in [0.4, 0.5) is 8.78 Å². The maximum atomic E-state index is 13.8. The quantitative estimate of drug-likeness (QED) is 0.245. The topological polar surface area (TPSA) is 35.5 Å². The van der Waals surface area contributed by atoms with Gasteiger partial charge in [0.1, 0.15) is 18.2 Å². The largest absolute Gasteiger partial charge is 0.496 e. The summed E-state index contributed by atoms with van der Waals surface area (Å²) in [6, 6.07) is 22.0. The first kappa shape index (κ1) is 21.2. The van der Waals surface area contributed by atoms with Crippen molar-refractivity contribution >= 4 is 22.6 Å². The molecule has 0 radical (unpaired) electrons. The van der Waals surface area contributed by atoms with Crippen LogP contribution in [0, 0.1) is 11.6 Å². The predicted octanol–water partition coefficient (Wildman–Crippen LogP) is 6.60. The van der Waals surface area contributed by atoms with Crippen molar-refractivity contribution in [3.63, 3.8) is 0 Å². The number of rotatable bonds is 7. The zero-order valence-corrected chi connectivity index (χ0v) is 17.3. The maximum Gasteiger partial charge on any atom is 0.185 e. The minimum Gasteiger partial charge on any atom is -0.496 e. The zero-order chi connectivity index (χ0) is 22.5. The Morgan fingerprint density at radius 1 is 0.875 bits per heavy atom. The Kier molecular flexibility index (Phi) is 6.26. The van der Waals surface area contributed by atoms with Gasteiger partial charge in [-0.2, -0.15) is 0 Å². The molecule has 32 heavy (non-hydrogen) atoms. The van der Waals surface area contributed by atoms with Gasteiger partial charge in [-0.25, -0.2) is 8.78 Å². The van der Waals surface area contributed by atoms with Crippen molar-refractivity contribution < 1.29 is 23.0 Å². The first-order chi connectivity index (χ1) is 15.5. The lowest BCUT2D eigenvalue weighted by Crippen LogP contribution is -2.01. The van der Waals surface area contributed by atoms with Crippen LogP contribution >= 0.6 is 0 Å². The fraction of sp³-hybridized carbons (Fsp3) is 0.0741. The zero-order valence-electron chi connectivity index (χ0n) is 17.3. The van der Waals surface area contributed by atoms with Crippen molar-refractivity contribution in [1.29, 1.82) is 0 Å². The molecule has 0 aliphatic heterocycles. The van der Waals surface area contributed by atoms with E-state index in [0.29, 0.717) is 16.9 Å². The lowest BCUT2D eigenvalue weighted by molar-refractivity contribution is 0.104. The van der Waals surface area contributed by atoms with Gasteiger partial charge in [0.15, 0.2) is 17.3 Å². The van der Waals surface area contributed by atoms with Gasteiger partial charge in [0, 0.05) is 17.2 Å². The lowest BCUT2D eigenvalue weighted by Gasteiger charge is -2.12. The standard InChI is InChI=1S/C27H20F2O3/c1-31-26-12-7-18(14-22(26)17-32-27-13-10-23(28)16-24(27)29)6-11-25(30)21-9-8-19-4-2-3-5-20(19)15-21/h2-16H,17H2,1H3/b11-6+. The number of fused-ring (bicyclic) bond motifs is 1. The second kappa shape index (κ2) is 9.43. The molecule has 4 aromatic rings. The average molecular weight is 430 g/mol. The summed E-state index contributed by atoms with van der Waals surface area (Å²) in [5.41, 5.74) is 2.03. The molecule has 3 nitrogen and oxygen atoms in total. The Hall–Kier alpha value is -3.99. The van der Waals surface area contributed by atoms with E-state index in [9.17, 15) is 13.6 Å². The van der Waals surface area contributed by atoms with E-state index >= 15 is 0 Å². The highest BCUT2D eigenvalue weighted by atomic mass is 19.1. The van der Waals surface area contributed by atoms with E-state index in [1.165, 1.54) is 19.3 Å². The summed E-state index contributed by atoms with van der Waals surface area (Å²) >= 11 is 0. The van der Waals surface area contributed by atoms with Crippen LogP contribution in [0.1, 0.15) is 21.5 Å². The van der Waals surface area contributed by atoms with E-state index in [2.05, 4.69) is 0 Å². The number of hydrogen-bond acceptors (Lipinski definition) is 3. The van der Waals surface area contributed by atoms with E-state index in [-0.39, 0.29) is 18.1 Å². The number of benzene rings is 4. The molecule has 0 spiro atoms. The van der Waals surface area contributed by atoms with E-state index in [4.69, 9.17) is 9.47 Å². The molecule has 0 N–H and O–H groups in total. The van der Waals surface area contributed by atoms with Crippen molar-refractivity contribution in [2.75, 3.05) is 7.11 Å². The minimum atomic E-state index is -0.777. The van der Waals surface area contributed by atoms with Gasteiger partial charge in [0.25, 0.3) is 0 Å². The monoisotopic (exact) mass is 430 g/mol. The minimum absolute atomic E-state index is 0.0199. The summed E-state index contributed by atoms with van der Waals surface area (Å²) in [5.74, 6) is -1.05. The smallest absolute Gasteiger partial charge is 0.185 e. The molecular formula is C27H20F2O3. The van der Waals surface area contributed by atoms with Crippen molar-refractivity contribution in [1.82, 2.24) is 0 Å². The number of hydrogen-bond donors (Lipinski definition) is 0. The van der Waals surface area contributed by atoms with Gasteiger partial charge in [0.05, 0.1) is 7.11 Å². The molecule has 0 aromatic heterocycles. The van der Waals surface area contributed by atoms with E-state index in [0.717, 1.165) is 28.5 Å². The van der Waals surface area contributed by atoms with Gasteiger partial charge < -0.3 is 9.47 Å². The fourth-order valence-electron chi connectivity index (χ4n) is 3.37. The Bertz CT molecular complexity index is 1310. The molecular weight excluding hydrogens is 410 g/mol. The number of ether oxygens (including phenoxy) is 2. The first-order valence-corrected chi connectivity index (χ1v) is 9.99. The maximum absolute atomic E-state index is 13.8. The number of allylic oxidation sites excluding steroid dienone is 1. The van der Waals surface area contributed by atoms with Crippen LogP contribution in [0.5, 0.6) is 11.5 Å². The van der Waals surface area contributed by atoms with Crippen LogP contribution in [0.2, 0.25) is 0 Å². The van der Waals surface area contributed by atoms with Crippen LogP contribution in [0.15, 0.2) is 84.9 Å². The Morgan fingerprint density at radius 3 is 2.44 bits per heavy atom. The molecule has 4 rings (SSSR count). The van der Waals surface area contributed by atoms with Crippen LogP contribution in [-0.2, 0) is 6.61 Å². The van der Waals surface area contributed by atoms with Crippen molar-refractivity contribution in [2.45, 2.75) is 6.61 Å². The van der Waals surface area contributed by atoms with Gasteiger partial charge in [-0.3, -0.25) is 4.79 Å². The van der Waals surface area contributed by atoms with Gasteiger partial charge in [-0.05, 0) is 52.7 Å². The van der Waals surface area contributed by atoms with Crippen molar-refractivity contribution in [3.05, 3.63) is 113 Å². The van der Waals surface area contributed by atoms with Gasteiger partial charge in [-0.1, -0.05) is 48.5 Å². The molecule has 0 unspecified atom stereocenters. The van der Waals surface area contributed by atoms with Gasteiger partial charge in [-0.15, -0.1) is 0 Å². The number of carbonyl (C=O) groups is 1. The Morgan fingerprint density at radius 2 is 1.66 bits per heavy atom. The number of carbonyl (C=O) groups excluding carboxylic acids is 1. The lowest BCUT2D eigenvalue weighted by atomic mass is 10.0. The molecule has 0 amide bonds. The molecule has 0 saturated carbocycles. The summed E-state index contributed by atoms with van der Waals surface area (Å²) < 4.78 is 37.8. The second-order valence-electron chi connectivity index (χ2n) is 7.19. The van der Waals surface area contributed by atoms with Crippen LogP contribution in [0.3, 0.4) is 0 Å². The Labute approximate surface area is 184 Å². The van der Waals surface area contributed by atoms with E-state index < -0.39 is 11.6 Å². The fourth-order valence-corrected chi connectivity index (χ4v) is 3.37. The average Bonchev–Trinajstić information content (AvgIpc) is 2.81. The third-order valence-electron chi connectivity index (χ3n) is 5.04. The van der Waals surface area contributed by atoms with Crippen LogP contribution < -0.4 is 9.47 Å². The van der Waals surface area contributed by atoms with Gasteiger partial charge >= 0.3 is 0 Å². The molecule has 0 bridgehead atoms. The molecule has 0 atom stereocenters. The number of halogens is 2. The van der Waals surface area contributed by atoms with Crippen molar-refractivity contribution in [2.24, 2.45) is 0 Å². The molecule has 0 heterocycles. The molecule has 4 aromatic carbocycles. The summed E-state index contributed by atoms with van der Waals surface area (Å²) in [6.07, 6.45) is 3.22. The summed E-state index contributed by atoms with van der Waals surface area (Å²) in [7, 11) is 1.52. The first-order valence-electron chi connectivity index (χ1n) is 9.99. The Balaban J connectivity index is 1.51. The van der Waals surface area contributed by atoms with Crippen molar-refractivity contribution in [3.8, 4) is 11.5 Å². The highest BCUT2D eigenvalue weighted by Gasteiger charge is 2.09. The summed E-state index contributed by atoms with van der Waals surface area (Å²) in [6.45, 7) is 0.0199. The SMILES string of the molecule is COc1ccc(/C=C/C(=O)c2ccc3ccccc3c2)cc1COc1ccc(F)cc1F. The third-order valence-corrected chi connectivity index (χ3v) is 5.04. The van der Waals surface area contributed by atoms with E-state index in [1.54, 1.807) is 24.3 Å². The molecule has 160 valence electrons. The van der Waals surface area contributed by atoms with Gasteiger partial charge in [0.2, 0.25) is 0 Å². The summed E-state index contributed by atoms with van der Waals surface area (Å²) in [4.78, 5) is 12.6. The second-order valence-corrected chi connectivity index (χ2v) is 7.19. The van der Waals surface area contributed by atoms with Crippen LogP contribution in [0.25, 0.3) is 16.8 Å². The highest BCUT2D eigenvalue weighted by Crippen LogP contribution is 2.25. The number of ketones is 1. The van der Waals surface area contributed by atoms with Crippen LogP contribution in [-0.4, -0.2) is 12.9 Å². The molecule has 0 fully saturated rings. The molecule has 5 heteroatoms. The molecule has 0 saturated heterocycles. The normalized spacial score (nSPS) is 11.1. The third kappa shape index (κ3) is 4.83. The highest BCUT2D eigenvalue weighted by molar-refractivity contribution is 6.08. The number of methoxy groups -OCH3 is 1. The van der Waals surface area contributed by atoms with E-state index in [1.807, 2.05) is 42.5 Å². The molecule has 0 aliphatic carbocycles. The summed E-state index contributed by atoms with van der Waals surface area (Å²) in [5, 5.41) is 2.08. The predicted molar refractivity (Wildman–Crippen MR) is 121 cm³/mol. The molecule has 0 aliphatic rings.